The predicted molar refractivity (Wildman–Crippen MR) is 104 cm³/mol. The van der Waals surface area contributed by atoms with Crippen LogP contribution in [-0.2, 0) is 0 Å². The van der Waals surface area contributed by atoms with E-state index < -0.39 is 0 Å². The second kappa shape index (κ2) is 8.53. The first kappa shape index (κ1) is 19.0. The van der Waals surface area contributed by atoms with E-state index in [4.69, 9.17) is 0 Å². The molecule has 18 heavy (non-hydrogen) atoms. The summed E-state index contributed by atoms with van der Waals surface area (Å²) in [5.74, 6) is 0. The van der Waals surface area contributed by atoms with E-state index in [1.54, 1.807) is 0 Å². The first-order chi connectivity index (χ1) is 8.25. The maximum Gasteiger partial charge on any atom is 0.114 e. The van der Waals surface area contributed by atoms with Crippen molar-refractivity contribution in [1.82, 2.24) is 9.97 Å². The average molecular weight is 767 g/mol. The molecule has 0 aromatic carbocycles. The lowest BCUT2D eigenvalue weighted by Gasteiger charge is -2.17. The van der Waals surface area contributed by atoms with E-state index in [0.29, 0.717) is 0 Å². The van der Waals surface area contributed by atoms with Crippen LogP contribution in [0.25, 0.3) is 0 Å². The van der Waals surface area contributed by atoms with E-state index in [0.717, 1.165) is 22.8 Å². The van der Waals surface area contributed by atoms with Gasteiger partial charge in [0.25, 0.3) is 0 Å². The summed E-state index contributed by atoms with van der Waals surface area (Å²) in [7, 11) is 0. The van der Waals surface area contributed by atoms with Crippen molar-refractivity contribution in [1.29, 1.82) is 0 Å². The van der Waals surface area contributed by atoms with Crippen LogP contribution in [0.5, 0.6) is 0 Å². The number of hydrogen-bond donors (Lipinski definition) is 0. The highest BCUT2D eigenvalue weighted by atomic mass is 79.9. The fourth-order valence-corrected chi connectivity index (χ4v) is 3.83. The van der Waals surface area contributed by atoms with Crippen molar-refractivity contribution in [2.75, 3.05) is 0 Å². The molecule has 0 radical (unpaired) electrons. The molecule has 0 unspecified atom stereocenters. The molecule has 0 spiro atoms. The monoisotopic (exact) mass is 759 g/mol. The second-order valence-electron chi connectivity index (χ2n) is 2.97. The van der Waals surface area contributed by atoms with Gasteiger partial charge in [-0.2, -0.15) is 0 Å². The third-order valence-electron chi connectivity index (χ3n) is 1.83. The van der Waals surface area contributed by atoms with Crippen molar-refractivity contribution in [2.45, 2.75) is 14.9 Å². The molecule has 0 atom stereocenters. The van der Waals surface area contributed by atoms with Gasteiger partial charge in [-0.05, 0) is 0 Å². The lowest BCUT2D eigenvalue weighted by molar-refractivity contribution is 0.932. The highest BCUT2D eigenvalue weighted by Gasteiger charge is 2.25. The number of aromatic nitrogens is 2. The SMILES string of the molecule is BrC(Br)c1nc(C(Br)Br)c(C(Br)Br)nc1C(Br)Br. The van der Waals surface area contributed by atoms with Gasteiger partial charge >= 0.3 is 0 Å². The minimum Gasteiger partial charge on any atom is -0.250 e. The van der Waals surface area contributed by atoms with Crippen LogP contribution in [0.2, 0.25) is 0 Å². The first-order valence-electron chi connectivity index (χ1n) is 4.29. The number of hydrogen-bond acceptors (Lipinski definition) is 2. The molecule has 1 rings (SSSR count). The van der Waals surface area contributed by atoms with Gasteiger partial charge in [-0.15, -0.1) is 0 Å². The minimum atomic E-state index is -0.0687. The molecule has 0 amide bonds. The molecule has 0 aliphatic rings. The molecule has 1 aromatic rings. The van der Waals surface area contributed by atoms with Gasteiger partial charge in [0.15, 0.2) is 0 Å². The summed E-state index contributed by atoms with van der Waals surface area (Å²) < 4.78 is -0.275. The third kappa shape index (κ3) is 4.98. The van der Waals surface area contributed by atoms with Gasteiger partial charge in [-0.25, -0.2) is 9.97 Å². The molecule has 0 saturated carbocycles. The second-order valence-corrected chi connectivity index (χ2v) is 15.2. The lowest BCUT2D eigenvalue weighted by atomic mass is 10.3. The van der Waals surface area contributed by atoms with Crippen molar-refractivity contribution in [2.24, 2.45) is 0 Å². The van der Waals surface area contributed by atoms with Crippen LogP contribution in [0, 0.1) is 0 Å². The highest BCUT2D eigenvalue weighted by molar-refractivity contribution is 9.25. The summed E-state index contributed by atoms with van der Waals surface area (Å²) >= 11 is 27.7. The Morgan fingerprint density at radius 3 is 0.722 bits per heavy atom. The third-order valence-corrected chi connectivity index (χ3v) is 5.30. The molecule has 0 bridgehead atoms. The van der Waals surface area contributed by atoms with Crippen molar-refractivity contribution in [3.05, 3.63) is 22.8 Å². The Kier molecular flexibility index (Phi) is 8.98. The number of alkyl halides is 8. The van der Waals surface area contributed by atoms with Crippen molar-refractivity contribution >= 4 is 127 Å². The Bertz CT molecular complexity index is 346. The largest absolute Gasteiger partial charge is 0.250 e. The summed E-state index contributed by atoms with van der Waals surface area (Å²) in [6, 6.07) is 0. The van der Waals surface area contributed by atoms with Gasteiger partial charge in [0.2, 0.25) is 0 Å². The highest BCUT2D eigenvalue weighted by Crippen LogP contribution is 2.43. The van der Waals surface area contributed by atoms with E-state index in [1.807, 2.05) is 0 Å². The molecule has 2 nitrogen and oxygen atoms in total. The van der Waals surface area contributed by atoms with Gasteiger partial charge in [-0.1, -0.05) is 127 Å². The van der Waals surface area contributed by atoms with Crippen LogP contribution in [0.15, 0.2) is 0 Å². The number of nitrogens with zero attached hydrogens (tertiary/aromatic N) is 2. The molecule has 1 aromatic heterocycles. The van der Waals surface area contributed by atoms with Gasteiger partial charge in [0, 0.05) is 0 Å². The van der Waals surface area contributed by atoms with E-state index in [2.05, 4.69) is 137 Å². The number of halogens is 8. The Labute approximate surface area is 172 Å². The molecule has 0 aliphatic carbocycles. The topological polar surface area (TPSA) is 25.8 Å². The van der Waals surface area contributed by atoms with Crippen LogP contribution in [-0.4, -0.2) is 9.97 Å². The molecule has 10 heteroatoms. The molecule has 102 valence electrons. The summed E-state index contributed by atoms with van der Waals surface area (Å²) in [5.41, 5.74) is 3.27. The molecule has 0 saturated heterocycles. The van der Waals surface area contributed by atoms with Crippen LogP contribution < -0.4 is 0 Å². The number of rotatable bonds is 4. The van der Waals surface area contributed by atoms with Gasteiger partial charge in [0.05, 0.1) is 22.8 Å². The summed E-state index contributed by atoms with van der Waals surface area (Å²) in [4.78, 5) is 9.29. The summed E-state index contributed by atoms with van der Waals surface area (Å²) in [5, 5.41) is 0. The smallest absolute Gasteiger partial charge is 0.114 e. The standard InChI is InChI=1S/C8H4Br8N2/c9-5(10)1-2(6(11)12)18-4(8(15)16)3(17-1)7(13)14/h5-8H. The van der Waals surface area contributed by atoms with Crippen molar-refractivity contribution in [3.8, 4) is 0 Å². The predicted octanol–water partition coefficient (Wildman–Crippen LogP) is 7.63. The fourth-order valence-electron chi connectivity index (χ4n) is 1.13. The maximum absolute atomic E-state index is 4.64. The molecule has 0 N–H and O–H groups in total. The Morgan fingerprint density at radius 1 is 0.444 bits per heavy atom. The van der Waals surface area contributed by atoms with Gasteiger partial charge in [0.1, 0.15) is 14.9 Å². The zero-order valence-corrected chi connectivity index (χ0v) is 20.9. The van der Waals surface area contributed by atoms with Gasteiger partial charge in [-0.3, -0.25) is 0 Å². The Hall–Kier alpha value is 2.92. The summed E-state index contributed by atoms with van der Waals surface area (Å²) in [6.45, 7) is 0. The summed E-state index contributed by atoms with van der Waals surface area (Å²) in [6.07, 6.45) is 0. The Balaban J connectivity index is 3.50. The van der Waals surface area contributed by atoms with Crippen molar-refractivity contribution < 1.29 is 0 Å². The van der Waals surface area contributed by atoms with E-state index in [9.17, 15) is 0 Å². The fraction of sp³-hybridized carbons (Fsp3) is 0.500. The van der Waals surface area contributed by atoms with E-state index >= 15 is 0 Å². The average Bonchev–Trinajstić information content (AvgIpc) is 2.26. The zero-order chi connectivity index (χ0) is 14.0. The molecule has 0 fully saturated rings. The quantitative estimate of drug-likeness (QED) is 0.295. The molecular formula is C8H4Br8N2. The molecule has 0 aliphatic heterocycles. The van der Waals surface area contributed by atoms with E-state index in [-0.39, 0.29) is 14.9 Å². The Morgan fingerprint density at radius 2 is 0.611 bits per heavy atom. The first-order valence-corrected chi connectivity index (χ1v) is 11.6. The normalized spacial score (nSPS) is 12.2. The zero-order valence-electron chi connectivity index (χ0n) is 8.23. The maximum atomic E-state index is 4.64. The lowest BCUT2D eigenvalue weighted by Crippen LogP contribution is -2.09. The molecule has 1 heterocycles. The van der Waals surface area contributed by atoms with Crippen LogP contribution >= 0.6 is 127 Å². The van der Waals surface area contributed by atoms with Crippen LogP contribution in [0.1, 0.15) is 37.7 Å². The van der Waals surface area contributed by atoms with Crippen LogP contribution in [0.3, 0.4) is 0 Å². The van der Waals surface area contributed by atoms with Gasteiger partial charge < -0.3 is 0 Å². The molecular weight excluding hydrogens is 763 g/mol. The van der Waals surface area contributed by atoms with E-state index in [1.165, 1.54) is 0 Å². The van der Waals surface area contributed by atoms with Crippen LogP contribution in [0.4, 0.5) is 0 Å². The minimum absolute atomic E-state index is 0.0687. The van der Waals surface area contributed by atoms with Crippen molar-refractivity contribution in [3.63, 3.8) is 0 Å².